The van der Waals surface area contributed by atoms with Crippen LogP contribution < -0.4 is 5.32 Å². The summed E-state index contributed by atoms with van der Waals surface area (Å²) in [4.78, 5) is 11.1. The molecule has 0 radical (unpaired) electrons. The van der Waals surface area contributed by atoms with Gasteiger partial charge < -0.3 is 10.4 Å². The first-order valence-electron chi connectivity index (χ1n) is 4.33. The highest BCUT2D eigenvalue weighted by Gasteiger charge is 2.16. The first kappa shape index (κ1) is 12.0. The Bertz CT molecular complexity index is 203. The Labute approximate surface area is 79.5 Å². The second-order valence-electron chi connectivity index (χ2n) is 3.80. The largest absolute Gasteiger partial charge is 0.396 e. The molecule has 0 atom stereocenters. The average Bonchev–Trinajstić information content (AvgIpc) is 2.11. The zero-order chi connectivity index (χ0) is 10.3. The molecular weight excluding hydrogens is 166 g/mol. The number of aliphatic hydroxyl groups is 1. The van der Waals surface area contributed by atoms with Gasteiger partial charge in [-0.25, -0.2) is 0 Å². The van der Waals surface area contributed by atoms with Gasteiger partial charge in [0.15, 0.2) is 0 Å². The molecule has 0 aromatic carbocycles. The van der Waals surface area contributed by atoms with Crippen LogP contribution in [0.1, 0.15) is 26.7 Å². The lowest BCUT2D eigenvalue weighted by Crippen LogP contribution is -2.35. The highest BCUT2D eigenvalue weighted by Crippen LogP contribution is 2.11. The first-order valence-corrected chi connectivity index (χ1v) is 4.33. The van der Waals surface area contributed by atoms with E-state index in [9.17, 15) is 4.79 Å². The van der Waals surface area contributed by atoms with E-state index in [1.54, 1.807) is 0 Å². The lowest BCUT2D eigenvalue weighted by Gasteiger charge is -2.21. The van der Waals surface area contributed by atoms with Crippen molar-refractivity contribution in [3.8, 4) is 12.3 Å². The number of carbonyl (C=O) groups is 1. The number of amides is 1. The minimum atomic E-state index is -0.258. The molecule has 0 saturated carbocycles. The van der Waals surface area contributed by atoms with E-state index in [1.165, 1.54) is 0 Å². The number of hydrogen-bond acceptors (Lipinski definition) is 2. The number of terminal acetylenes is 1. The van der Waals surface area contributed by atoms with E-state index in [2.05, 4.69) is 11.2 Å². The van der Waals surface area contributed by atoms with Crippen molar-refractivity contribution >= 4 is 5.91 Å². The van der Waals surface area contributed by atoms with Crippen LogP contribution in [-0.2, 0) is 4.79 Å². The van der Waals surface area contributed by atoms with E-state index in [0.29, 0.717) is 19.4 Å². The van der Waals surface area contributed by atoms with Gasteiger partial charge in [-0.3, -0.25) is 4.79 Å². The zero-order valence-corrected chi connectivity index (χ0v) is 8.26. The van der Waals surface area contributed by atoms with Crippen LogP contribution in [0.15, 0.2) is 0 Å². The number of hydrogen-bond donors (Lipinski definition) is 2. The molecular formula is C10H17NO2. The van der Waals surface area contributed by atoms with Crippen molar-refractivity contribution in [2.24, 2.45) is 5.41 Å². The summed E-state index contributed by atoms with van der Waals surface area (Å²) >= 11 is 0. The van der Waals surface area contributed by atoms with E-state index in [4.69, 9.17) is 11.5 Å². The van der Waals surface area contributed by atoms with Crippen molar-refractivity contribution in [1.82, 2.24) is 5.32 Å². The molecule has 1 amide bonds. The SMILES string of the molecule is C#CCCC(=O)NCC(C)(C)CO. The van der Waals surface area contributed by atoms with Crippen molar-refractivity contribution in [3.05, 3.63) is 0 Å². The van der Waals surface area contributed by atoms with Crippen LogP contribution >= 0.6 is 0 Å². The number of carbonyl (C=O) groups excluding carboxylic acids is 1. The standard InChI is InChI=1S/C10H17NO2/c1-4-5-6-9(13)11-7-10(2,3)8-12/h1,12H,5-8H2,2-3H3,(H,11,13). The highest BCUT2D eigenvalue weighted by atomic mass is 16.3. The number of nitrogens with one attached hydrogen (secondary N) is 1. The van der Waals surface area contributed by atoms with Crippen LogP contribution in [0.5, 0.6) is 0 Å². The third-order valence-electron chi connectivity index (χ3n) is 1.69. The van der Waals surface area contributed by atoms with Gasteiger partial charge in [-0.15, -0.1) is 12.3 Å². The van der Waals surface area contributed by atoms with Crippen LogP contribution in [0, 0.1) is 17.8 Å². The second kappa shape index (κ2) is 5.60. The molecule has 0 aromatic rings. The maximum absolute atomic E-state index is 11.1. The molecule has 3 heteroatoms. The highest BCUT2D eigenvalue weighted by molar-refractivity contribution is 5.76. The molecule has 0 unspecified atom stereocenters. The van der Waals surface area contributed by atoms with Gasteiger partial charge >= 0.3 is 0 Å². The third kappa shape index (κ3) is 6.18. The molecule has 74 valence electrons. The van der Waals surface area contributed by atoms with E-state index in [1.807, 2.05) is 13.8 Å². The minimum absolute atomic E-state index is 0.0560. The maximum Gasteiger partial charge on any atom is 0.220 e. The van der Waals surface area contributed by atoms with Crippen molar-refractivity contribution in [3.63, 3.8) is 0 Å². The Hall–Kier alpha value is -1.01. The topological polar surface area (TPSA) is 49.3 Å². The van der Waals surface area contributed by atoms with Crippen LogP contribution in [0.3, 0.4) is 0 Å². The predicted molar refractivity (Wildman–Crippen MR) is 51.9 cm³/mol. The summed E-state index contributed by atoms with van der Waals surface area (Å²) in [5.74, 6) is 2.34. The fourth-order valence-corrected chi connectivity index (χ4v) is 0.668. The van der Waals surface area contributed by atoms with Gasteiger partial charge in [0.1, 0.15) is 0 Å². The molecule has 0 fully saturated rings. The minimum Gasteiger partial charge on any atom is -0.396 e. The molecule has 0 aliphatic rings. The average molecular weight is 183 g/mol. The molecule has 0 aliphatic carbocycles. The summed E-state index contributed by atoms with van der Waals surface area (Å²) in [6, 6.07) is 0. The number of rotatable bonds is 5. The van der Waals surface area contributed by atoms with Gasteiger partial charge in [0, 0.05) is 31.4 Å². The van der Waals surface area contributed by atoms with Crippen molar-refractivity contribution in [1.29, 1.82) is 0 Å². The second-order valence-corrected chi connectivity index (χ2v) is 3.80. The van der Waals surface area contributed by atoms with E-state index in [-0.39, 0.29) is 17.9 Å². The molecule has 0 heterocycles. The van der Waals surface area contributed by atoms with Gasteiger partial charge in [-0.2, -0.15) is 0 Å². The predicted octanol–water partition coefficient (Wildman–Crippen LogP) is 0.534. The Kier molecular flexibility index (Phi) is 5.17. The molecule has 3 nitrogen and oxygen atoms in total. The molecule has 13 heavy (non-hydrogen) atoms. The fourth-order valence-electron chi connectivity index (χ4n) is 0.668. The zero-order valence-electron chi connectivity index (χ0n) is 8.26. The molecule has 0 spiro atoms. The third-order valence-corrected chi connectivity index (χ3v) is 1.69. The number of aliphatic hydroxyl groups excluding tert-OH is 1. The lowest BCUT2D eigenvalue weighted by atomic mass is 9.95. The van der Waals surface area contributed by atoms with Crippen molar-refractivity contribution in [2.45, 2.75) is 26.7 Å². The molecule has 2 N–H and O–H groups in total. The summed E-state index contributed by atoms with van der Waals surface area (Å²) in [6.45, 7) is 4.30. The van der Waals surface area contributed by atoms with E-state index in [0.717, 1.165) is 0 Å². The van der Waals surface area contributed by atoms with E-state index >= 15 is 0 Å². The lowest BCUT2D eigenvalue weighted by molar-refractivity contribution is -0.121. The van der Waals surface area contributed by atoms with Crippen molar-refractivity contribution in [2.75, 3.05) is 13.2 Å². The van der Waals surface area contributed by atoms with Gasteiger partial charge in [0.2, 0.25) is 5.91 Å². The summed E-state index contributed by atoms with van der Waals surface area (Å²) in [5.41, 5.74) is -0.258. The summed E-state index contributed by atoms with van der Waals surface area (Å²) in [5, 5.41) is 11.6. The smallest absolute Gasteiger partial charge is 0.220 e. The quantitative estimate of drug-likeness (QED) is 0.611. The fraction of sp³-hybridized carbons (Fsp3) is 0.700. The first-order chi connectivity index (χ1) is 6.02. The van der Waals surface area contributed by atoms with Gasteiger partial charge in [-0.05, 0) is 0 Å². The molecule has 0 rings (SSSR count). The van der Waals surface area contributed by atoms with Crippen molar-refractivity contribution < 1.29 is 9.90 Å². The molecule has 0 aromatic heterocycles. The monoisotopic (exact) mass is 183 g/mol. The summed E-state index contributed by atoms with van der Waals surface area (Å²) in [6.07, 6.45) is 5.84. The Morgan fingerprint density at radius 2 is 2.23 bits per heavy atom. The molecule has 0 bridgehead atoms. The van der Waals surface area contributed by atoms with Crippen LogP contribution in [0.4, 0.5) is 0 Å². The van der Waals surface area contributed by atoms with Gasteiger partial charge in [-0.1, -0.05) is 13.8 Å². The van der Waals surface area contributed by atoms with Crippen LogP contribution in [-0.4, -0.2) is 24.2 Å². The van der Waals surface area contributed by atoms with Crippen LogP contribution in [0.25, 0.3) is 0 Å². The molecule has 0 saturated heterocycles. The Morgan fingerprint density at radius 1 is 1.62 bits per heavy atom. The van der Waals surface area contributed by atoms with Gasteiger partial charge in [0.05, 0.1) is 0 Å². The normalized spacial score (nSPS) is 10.6. The van der Waals surface area contributed by atoms with Crippen LogP contribution in [0.2, 0.25) is 0 Å². The summed E-state index contributed by atoms with van der Waals surface area (Å²) < 4.78 is 0. The van der Waals surface area contributed by atoms with E-state index < -0.39 is 0 Å². The maximum atomic E-state index is 11.1. The summed E-state index contributed by atoms with van der Waals surface area (Å²) in [7, 11) is 0. The Balaban J connectivity index is 3.65. The molecule has 0 aliphatic heterocycles. The Morgan fingerprint density at radius 3 is 2.69 bits per heavy atom. The van der Waals surface area contributed by atoms with Gasteiger partial charge in [0.25, 0.3) is 0 Å².